The molecule has 0 saturated heterocycles. The normalized spacial score (nSPS) is 10.9. The van der Waals surface area contributed by atoms with E-state index in [-0.39, 0.29) is 0 Å². The topological polar surface area (TPSA) is 79.8 Å². The van der Waals surface area contributed by atoms with Crippen molar-refractivity contribution in [3.8, 4) is 11.5 Å². The summed E-state index contributed by atoms with van der Waals surface area (Å²) in [6, 6.07) is 21.0. The number of nitrogens with one attached hydrogen (secondary N) is 2. The molecule has 6 heteroatoms. The van der Waals surface area contributed by atoms with Crippen molar-refractivity contribution >= 4 is 11.6 Å². The lowest BCUT2D eigenvalue weighted by Gasteiger charge is -2.28. The van der Waals surface area contributed by atoms with Gasteiger partial charge in [-0.05, 0) is 53.9 Å². The van der Waals surface area contributed by atoms with E-state index in [1.54, 1.807) is 62.8 Å². The van der Waals surface area contributed by atoms with Gasteiger partial charge in [0.15, 0.2) is 5.60 Å². The van der Waals surface area contributed by atoms with Crippen LogP contribution in [0.3, 0.4) is 0 Å². The molecular weight excluding hydrogens is 368 g/mol. The van der Waals surface area contributed by atoms with E-state index < -0.39 is 11.5 Å². The first kappa shape index (κ1) is 20.2. The molecular formula is C23H24N2O4. The second kappa shape index (κ2) is 8.67. The number of hydrazine groups is 1. The van der Waals surface area contributed by atoms with Gasteiger partial charge in [0.1, 0.15) is 11.5 Å². The first-order chi connectivity index (χ1) is 14.0. The highest BCUT2D eigenvalue weighted by atomic mass is 16.5. The molecule has 0 bridgehead atoms. The van der Waals surface area contributed by atoms with Crippen LogP contribution >= 0.6 is 0 Å². The smallest absolute Gasteiger partial charge is 0.279 e. The molecule has 0 atom stereocenters. The Hall–Kier alpha value is -3.51. The van der Waals surface area contributed by atoms with Gasteiger partial charge in [-0.1, -0.05) is 42.5 Å². The van der Waals surface area contributed by atoms with Gasteiger partial charge in [-0.2, -0.15) is 0 Å². The van der Waals surface area contributed by atoms with Crippen LogP contribution < -0.4 is 20.3 Å². The summed E-state index contributed by atoms with van der Waals surface area (Å²) in [5, 5.41) is 11.6. The van der Waals surface area contributed by atoms with E-state index in [9.17, 15) is 9.90 Å². The maximum atomic E-state index is 13.2. The lowest BCUT2D eigenvalue weighted by molar-refractivity contribution is -0.136. The average molecular weight is 392 g/mol. The van der Waals surface area contributed by atoms with Gasteiger partial charge in [-0.25, -0.2) is 0 Å². The van der Waals surface area contributed by atoms with E-state index in [1.807, 2.05) is 31.2 Å². The van der Waals surface area contributed by atoms with Crippen LogP contribution in [-0.4, -0.2) is 25.2 Å². The van der Waals surface area contributed by atoms with Crippen LogP contribution in [-0.2, 0) is 10.4 Å². The van der Waals surface area contributed by atoms with Crippen molar-refractivity contribution < 1.29 is 19.4 Å². The molecule has 0 radical (unpaired) electrons. The zero-order chi connectivity index (χ0) is 20.9. The summed E-state index contributed by atoms with van der Waals surface area (Å²) in [6.45, 7) is 1.92. The highest BCUT2D eigenvalue weighted by Gasteiger charge is 2.40. The zero-order valence-corrected chi connectivity index (χ0v) is 16.6. The van der Waals surface area contributed by atoms with Crippen molar-refractivity contribution in [1.82, 2.24) is 5.43 Å². The van der Waals surface area contributed by atoms with Gasteiger partial charge in [-0.3, -0.25) is 15.6 Å². The van der Waals surface area contributed by atoms with Crippen LogP contribution in [0.15, 0.2) is 72.8 Å². The van der Waals surface area contributed by atoms with Crippen LogP contribution in [0.4, 0.5) is 5.69 Å². The summed E-state index contributed by atoms with van der Waals surface area (Å²) in [5.74, 6) is 0.643. The number of methoxy groups -OCH3 is 2. The number of anilines is 1. The van der Waals surface area contributed by atoms with E-state index in [0.717, 1.165) is 11.3 Å². The average Bonchev–Trinajstić information content (AvgIpc) is 2.78. The number of carbonyl (C=O) groups excluding carboxylic acids is 1. The molecule has 150 valence electrons. The fraction of sp³-hybridized carbons (Fsp3) is 0.174. The van der Waals surface area contributed by atoms with Gasteiger partial charge in [0.05, 0.1) is 19.9 Å². The zero-order valence-electron chi connectivity index (χ0n) is 16.6. The van der Waals surface area contributed by atoms with E-state index in [0.29, 0.717) is 22.6 Å². The third-order valence-electron chi connectivity index (χ3n) is 4.80. The molecule has 29 heavy (non-hydrogen) atoms. The summed E-state index contributed by atoms with van der Waals surface area (Å²) in [6.07, 6.45) is 0. The van der Waals surface area contributed by atoms with Gasteiger partial charge in [0.2, 0.25) is 0 Å². The van der Waals surface area contributed by atoms with Crippen LogP contribution in [0.2, 0.25) is 0 Å². The third-order valence-corrected chi connectivity index (χ3v) is 4.80. The molecule has 6 nitrogen and oxygen atoms in total. The van der Waals surface area contributed by atoms with E-state index in [1.165, 1.54) is 0 Å². The van der Waals surface area contributed by atoms with E-state index >= 15 is 0 Å². The molecule has 0 aromatic heterocycles. The number of rotatable bonds is 7. The Morgan fingerprint density at radius 1 is 0.828 bits per heavy atom. The minimum Gasteiger partial charge on any atom is -0.497 e. The van der Waals surface area contributed by atoms with Crippen molar-refractivity contribution in [1.29, 1.82) is 0 Å². The molecule has 0 heterocycles. The number of hydrogen-bond donors (Lipinski definition) is 3. The molecule has 0 spiro atoms. The fourth-order valence-electron chi connectivity index (χ4n) is 3.02. The molecule has 0 aliphatic heterocycles. The summed E-state index contributed by atoms with van der Waals surface area (Å²) >= 11 is 0. The van der Waals surface area contributed by atoms with Gasteiger partial charge in [-0.15, -0.1) is 0 Å². The van der Waals surface area contributed by atoms with Gasteiger partial charge < -0.3 is 14.6 Å². The number of aliphatic hydroxyl groups is 1. The highest BCUT2D eigenvalue weighted by molar-refractivity contribution is 5.91. The molecule has 0 fully saturated rings. The Labute approximate surface area is 170 Å². The standard InChI is InChI=1S/C23H24N2O4/c1-16-6-4-5-7-21(16)24-25-22(26)23(27,17-8-12-19(28-2)13-9-17)18-10-14-20(29-3)15-11-18/h4-15,24,27H,1-3H3,(H,25,26). The molecule has 3 aromatic carbocycles. The molecule has 0 saturated carbocycles. The summed E-state index contributed by atoms with van der Waals surface area (Å²) < 4.78 is 10.4. The SMILES string of the molecule is COc1ccc(C(O)(C(=O)NNc2ccccc2C)c2ccc(OC)cc2)cc1. The van der Waals surface area contributed by atoms with Crippen LogP contribution in [0.25, 0.3) is 0 Å². The molecule has 3 aromatic rings. The van der Waals surface area contributed by atoms with Crippen molar-refractivity contribution in [2.24, 2.45) is 0 Å². The molecule has 3 N–H and O–H groups in total. The predicted octanol–water partition coefficient (Wildman–Crippen LogP) is 3.39. The second-order valence-corrected chi connectivity index (χ2v) is 6.56. The first-order valence-electron chi connectivity index (χ1n) is 9.12. The van der Waals surface area contributed by atoms with Crippen molar-refractivity contribution in [2.75, 3.05) is 19.6 Å². The number of aryl methyl sites for hydroxylation is 1. The Balaban J connectivity index is 1.96. The Bertz CT molecular complexity index is 921. The van der Waals surface area contributed by atoms with E-state index in [4.69, 9.17) is 9.47 Å². The Kier molecular flexibility index (Phi) is 6.04. The van der Waals surface area contributed by atoms with Gasteiger partial charge in [0, 0.05) is 0 Å². The molecule has 1 amide bonds. The minimum atomic E-state index is -1.92. The summed E-state index contributed by atoms with van der Waals surface area (Å²) in [7, 11) is 3.12. The first-order valence-corrected chi connectivity index (χ1v) is 9.12. The number of benzene rings is 3. The maximum absolute atomic E-state index is 13.2. The number of para-hydroxylation sites is 1. The van der Waals surface area contributed by atoms with Crippen LogP contribution in [0.5, 0.6) is 11.5 Å². The minimum absolute atomic E-state index is 0.410. The number of amides is 1. The van der Waals surface area contributed by atoms with Crippen molar-refractivity contribution in [3.63, 3.8) is 0 Å². The molecule has 3 rings (SSSR count). The molecule has 0 unspecified atom stereocenters. The Morgan fingerprint density at radius 3 is 1.76 bits per heavy atom. The van der Waals surface area contributed by atoms with Crippen molar-refractivity contribution in [3.05, 3.63) is 89.5 Å². The number of hydrogen-bond acceptors (Lipinski definition) is 5. The summed E-state index contributed by atoms with van der Waals surface area (Å²) in [5.41, 5.74) is 6.13. The number of ether oxygens (including phenoxy) is 2. The molecule has 0 aliphatic rings. The Morgan fingerprint density at radius 2 is 1.31 bits per heavy atom. The third kappa shape index (κ3) is 4.17. The highest BCUT2D eigenvalue weighted by Crippen LogP contribution is 2.32. The molecule has 0 aliphatic carbocycles. The fourth-order valence-corrected chi connectivity index (χ4v) is 3.02. The van der Waals surface area contributed by atoms with Gasteiger partial charge >= 0.3 is 0 Å². The largest absolute Gasteiger partial charge is 0.497 e. The van der Waals surface area contributed by atoms with Crippen LogP contribution in [0, 0.1) is 6.92 Å². The second-order valence-electron chi connectivity index (χ2n) is 6.56. The number of carbonyl (C=O) groups is 1. The quantitative estimate of drug-likeness (QED) is 0.537. The predicted molar refractivity (Wildman–Crippen MR) is 112 cm³/mol. The van der Waals surface area contributed by atoms with E-state index in [2.05, 4.69) is 10.9 Å². The van der Waals surface area contributed by atoms with Crippen LogP contribution in [0.1, 0.15) is 16.7 Å². The van der Waals surface area contributed by atoms with Crippen molar-refractivity contribution in [2.45, 2.75) is 12.5 Å². The summed E-state index contributed by atoms with van der Waals surface area (Å²) in [4.78, 5) is 13.2. The lowest BCUT2D eigenvalue weighted by Crippen LogP contribution is -2.47. The van der Waals surface area contributed by atoms with Gasteiger partial charge in [0.25, 0.3) is 5.91 Å². The monoisotopic (exact) mass is 392 g/mol. The lowest BCUT2D eigenvalue weighted by atomic mass is 9.85. The maximum Gasteiger partial charge on any atom is 0.279 e.